The van der Waals surface area contributed by atoms with Gasteiger partial charge in [0.05, 0.1) is 18.0 Å². The summed E-state index contributed by atoms with van der Waals surface area (Å²) in [6, 6.07) is 18.9. The van der Waals surface area contributed by atoms with Gasteiger partial charge in [-0.25, -0.2) is 4.98 Å². The highest BCUT2D eigenvalue weighted by Gasteiger charge is 2.32. The van der Waals surface area contributed by atoms with Crippen LogP contribution in [0.4, 0.5) is 0 Å². The minimum Gasteiger partial charge on any atom is -0.497 e. The lowest BCUT2D eigenvalue weighted by Crippen LogP contribution is -2.37. The highest BCUT2D eigenvalue weighted by atomic mass is 32.1. The van der Waals surface area contributed by atoms with Gasteiger partial charge < -0.3 is 9.84 Å². The molecular weight excluding hydrogens is 408 g/mol. The van der Waals surface area contributed by atoms with Crippen LogP contribution in [-0.2, 0) is 6.42 Å². The van der Waals surface area contributed by atoms with E-state index in [-0.39, 0.29) is 11.9 Å². The first kappa shape index (κ1) is 20.0. The lowest BCUT2D eigenvalue weighted by Gasteiger charge is -2.37. The molecule has 1 aliphatic heterocycles. The molecule has 0 unspecified atom stereocenters. The van der Waals surface area contributed by atoms with E-state index in [1.54, 1.807) is 7.11 Å². The van der Waals surface area contributed by atoms with Crippen LogP contribution in [0.1, 0.15) is 34.9 Å². The molecule has 160 valence electrons. The number of hydrogen-bond donors (Lipinski definition) is 1. The summed E-state index contributed by atoms with van der Waals surface area (Å²) >= 11 is 1.51. The highest BCUT2D eigenvalue weighted by molar-refractivity contribution is 7.17. The predicted molar refractivity (Wildman–Crippen MR) is 122 cm³/mol. The fourth-order valence-corrected chi connectivity index (χ4v) is 5.64. The van der Waals surface area contributed by atoms with Gasteiger partial charge >= 0.3 is 0 Å². The number of nitrogens with zero attached hydrogens (tertiary/aromatic N) is 4. The molecule has 1 aliphatic rings. The molecule has 2 aromatic carbocycles. The Bertz CT molecular complexity index is 1130. The molecule has 1 N–H and O–H groups in total. The maximum Gasteiger partial charge on any atom is 0.230 e. The summed E-state index contributed by atoms with van der Waals surface area (Å²) in [5, 5.41) is 15.1. The number of piperidine rings is 1. The summed E-state index contributed by atoms with van der Waals surface area (Å²) in [6.07, 6.45) is 4.89. The maximum absolute atomic E-state index is 10.9. The highest BCUT2D eigenvalue weighted by Crippen LogP contribution is 2.41. The zero-order valence-electron chi connectivity index (χ0n) is 17.5. The van der Waals surface area contributed by atoms with E-state index >= 15 is 0 Å². The Kier molecular flexibility index (Phi) is 5.61. The molecule has 5 rings (SSSR count). The van der Waals surface area contributed by atoms with Crippen molar-refractivity contribution in [2.24, 2.45) is 5.92 Å². The third-order valence-electron chi connectivity index (χ3n) is 6.20. The molecule has 1 fully saturated rings. The summed E-state index contributed by atoms with van der Waals surface area (Å²) in [7, 11) is 1.68. The lowest BCUT2D eigenvalue weighted by atomic mass is 9.89. The normalized spacial score (nSPS) is 16.5. The molecule has 31 heavy (non-hydrogen) atoms. The minimum atomic E-state index is -0.0305. The SMILES string of the molecule is COc1ccc([C@H](c2sc3ncnn3c2O)N2CCC(Cc3ccccc3)CC2)cc1. The van der Waals surface area contributed by atoms with E-state index in [9.17, 15) is 5.11 Å². The van der Waals surface area contributed by atoms with Crippen LogP contribution in [0.15, 0.2) is 60.9 Å². The van der Waals surface area contributed by atoms with E-state index in [1.807, 2.05) is 12.1 Å². The molecule has 4 aromatic rings. The average Bonchev–Trinajstić information content (AvgIpc) is 3.40. The van der Waals surface area contributed by atoms with E-state index in [0.29, 0.717) is 10.9 Å². The molecule has 0 aliphatic carbocycles. The first-order valence-electron chi connectivity index (χ1n) is 10.7. The predicted octanol–water partition coefficient (Wildman–Crippen LogP) is 4.55. The van der Waals surface area contributed by atoms with Crippen molar-refractivity contribution in [1.29, 1.82) is 0 Å². The number of aromatic hydroxyl groups is 1. The maximum atomic E-state index is 10.9. The van der Waals surface area contributed by atoms with Gasteiger partial charge in [-0.3, -0.25) is 4.90 Å². The van der Waals surface area contributed by atoms with Gasteiger partial charge in [0.2, 0.25) is 10.8 Å². The summed E-state index contributed by atoms with van der Waals surface area (Å²) in [5.74, 6) is 1.70. The van der Waals surface area contributed by atoms with Crippen molar-refractivity contribution in [1.82, 2.24) is 19.5 Å². The largest absolute Gasteiger partial charge is 0.497 e. The van der Waals surface area contributed by atoms with Crippen molar-refractivity contribution in [3.8, 4) is 11.6 Å². The number of rotatable bonds is 6. The quantitative estimate of drug-likeness (QED) is 0.482. The van der Waals surface area contributed by atoms with E-state index in [0.717, 1.165) is 48.5 Å². The molecule has 0 radical (unpaired) electrons. The number of aromatic nitrogens is 3. The number of hydrogen-bond acceptors (Lipinski definition) is 6. The third-order valence-corrected chi connectivity index (χ3v) is 7.29. The topological polar surface area (TPSA) is 62.9 Å². The van der Waals surface area contributed by atoms with Crippen LogP contribution in [0.25, 0.3) is 4.96 Å². The van der Waals surface area contributed by atoms with Crippen LogP contribution in [0.3, 0.4) is 0 Å². The Balaban J connectivity index is 1.41. The number of methoxy groups -OCH3 is 1. The molecule has 1 atom stereocenters. The van der Waals surface area contributed by atoms with Crippen molar-refractivity contribution in [2.75, 3.05) is 20.2 Å². The van der Waals surface area contributed by atoms with Gasteiger partial charge in [-0.15, -0.1) is 0 Å². The first-order valence-corrected chi connectivity index (χ1v) is 11.5. The van der Waals surface area contributed by atoms with Crippen LogP contribution in [0.5, 0.6) is 11.6 Å². The molecule has 7 heteroatoms. The van der Waals surface area contributed by atoms with Crippen LogP contribution in [0, 0.1) is 5.92 Å². The van der Waals surface area contributed by atoms with Gasteiger partial charge in [-0.2, -0.15) is 9.61 Å². The third kappa shape index (κ3) is 4.03. The van der Waals surface area contributed by atoms with E-state index in [4.69, 9.17) is 4.74 Å². The summed E-state index contributed by atoms with van der Waals surface area (Å²) in [4.78, 5) is 8.36. The van der Waals surface area contributed by atoms with E-state index in [2.05, 4.69) is 57.4 Å². The lowest BCUT2D eigenvalue weighted by molar-refractivity contribution is 0.150. The van der Waals surface area contributed by atoms with Crippen molar-refractivity contribution >= 4 is 16.3 Å². The Hall–Kier alpha value is -2.90. The Labute approximate surface area is 185 Å². The molecule has 0 amide bonds. The molecule has 0 saturated carbocycles. The Morgan fingerprint density at radius 1 is 1.10 bits per heavy atom. The molecular formula is C24H26N4O2S. The second-order valence-electron chi connectivity index (χ2n) is 8.09. The van der Waals surface area contributed by atoms with Gasteiger partial charge in [0.25, 0.3) is 0 Å². The average molecular weight is 435 g/mol. The number of ether oxygens (including phenoxy) is 1. The Morgan fingerprint density at radius 2 is 1.84 bits per heavy atom. The smallest absolute Gasteiger partial charge is 0.230 e. The second kappa shape index (κ2) is 8.69. The van der Waals surface area contributed by atoms with Crippen LogP contribution >= 0.6 is 11.3 Å². The standard InChI is InChI=1S/C24H26N4O2S/c1-30-20-9-7-19(8-10-20)21(22-23(29)28-24(31-22)25-16-26-28)27-13-11-18(12-14-27)15-17-5-3-2-4-6-17/h2-10,16,18,21,29H,11-15H2,1H3/t21-/m1/s1. The van der Waals surface area contributed by atoms with Gasteiger partial charge in [0.1, 0.15) is 12.1 Å². The van der Waals surface area contributed by atoms with Crippen molar-refractivity contribution in [3.63, 3.8) is 0 Å². The zero-order valence-corrected chi connectivity index (χ0v) is 18.3. The van der Waals surface area contributed by atoms with Crippen LogP contribution in [0.2, 0.25) is 0 Å². The molecule has 6 nitrogen and oxygen atoms in total. The van der Waals surface area contributed by atoms with Gasteiger partial charge in [-0.05, 0) is 61.5 Å². The fourth-order valence-electron chi connectivity index (χ4n) is 4.55. The van der Waals surface area contributed by atoms with Crippen molar-refractivity contribution in [2.45, 2.75) is 25.3 Å². The monoisotopic (exact) mass is 434 g/mol. The molecule has 1 saturated heterocycles. The molecule has 3 heterocycles. The number of likely N-dealkylation sites (tertiary alicyclic amines) is 1. The number of thiazole rings is 1. The second-order valence-corrected chi connectivity index (χ2v) is 9.10. The van der Waals surface area contributed by atoms with Crippen molar-refractivity contribution < 1.29 is 9.84 Å². The van der Waals surface area contributed by atoms with Crippen LogP contribution in [-0.4, -0.2) is 44.8 Å². The van der Waals surface area contributed by atoms with E-state index in [1.165, 1.54) is 27.7 Å². The first-order chi connectivity index (χ1) is 15.2. The molecule has 2 aromatic heterocycles. The van der Waals surface area contributed by atoms with Crippen LogP contribution < -0.4 is 4.74 Å². The minimum absolute atomic E-state index is 0.0305. The van der Waals surface area contributed by atoms with Gasteiger partial charge in [0.15, 0.2) is 0 Å². The molecule has 0 bridgehead atoms. The zero-order chi connectivity index (χ0) is 21.2. The molecule has 0 spiro atoms. The van der Waals surface area contributed by atoms with Gasteiger partial charge in [0, 0.05) is 0 Å². The fraction of sp³-hybridized carbons (Fsp3) is 0.333. The van der Waals surface area contributed by atoms with E-state index < -0.39 is 0 Å². The number of benzene rings is 2. The summed E-state index contributed by atoms with van der Waals surface area (Å²) in [5.41, 5.74) is 2.55. The summed E-state index contributed by atoms with van der Waals surface area (Å²) < 4.78 is 6.87. The summed E-state index contributed by atoms with van der Waals surface area (Å²) in [6.45, 7) is 1.97. The Morgan fingerprint density at radius 3 is 2.52 bits per heavy atom. The van der Waals surface area contributed by atoms with Gasteiger partial charge in [-0.1, -0.05) is 53.8 Å². The van der Waals surface area contributed by atoms with Crippen molar-refractivity contribution in [3.05, 3.63) is 76.9 Å². The number of fused-ring (bicyclic) bond motifs is 1.